The van der Waals surface area contributed by atoms with E-state index in [0.717, 1.165) is 25.3 Å². The maximum absolute atomic E-state index is 9.93. The average molecular weight is 295 g/mol. The maximum Gasteiger partial charge on any atom is 0.123 e. The van der Waals surface area contributed by atoms with Crippen molar-refractivity contribution in [3.05, 3.63) is 24.3 Å². The molecule has 1 saturated heterocycles. The van der Waals surface area contributed by atoms with E-state index in [4.69, 9.17) is 14.2 Å². The van der Waals surface area contributed by atoms with Gasteiger partial charge in [-0.05, 0) is 31.4 Å². The lowest BCUT2D eigenvalue weighted by Gasteiger charge is -2.17. The van der Waals surface area contributed by atoms with Crippen LogP contribution in [0.5, 0.6) is 11.5 Å². The second-order valence-corrected chi connectivity index (χ2v) is 5.43. The van der Waals surface area contributed by atoms with Gasteiger partial charge in [-0.1, -0.05) is 6.07 Å². The van der Waals surface area contributed by atoms with Crippen molar-refractivity contribution >= 4 is 0 Å². The van der Waals surface area contributed by atoms with E-state index in [-0.39, 0.29) is 6.61 Å². The summed E-state index contributed by atoms with van der Waals surface area (Å²) in [6.45, 7) is 4.60. The minimum atomic E-state index is -0.533. The second-order valence-electron chi connectivity index (χ2n) is 5.43. The Bertz CT molecular complexity index is 426. The molecule has 0 radical (unpaired) electrons. The van der Waals surface area contributed by atoms with Crippen molar-refractivity contribution in [2.24, 2.45) is 5.92 Å². The Labute approximate surface area is 126 Å². The van der Waals surface area contributed by atoms with Gasteiger partial charge < -0.3 is 24.6 Å². The summed E-state index contributed by atoms with van der Waals surface area (Å²) < 4.78 is 16.2. The van der Waals surface area contributed by atoms with Gasteiger partial charge in [-0.15, -0.1) is 0 Å². The van der Waals surface area contributed by atoms with E-state index in [9.17, 15) is 5.11 Å². The fourth-order valence-corrected chi connectivity index (χ4v) is 2.42. The zero-order chi connectivity index (χ0) is 15.1. The molecule has 3 atom stereocenters. The highest BCUT2D eigenvalue weighted by Crippen LogP contribution is 2.20. The summed E-state index contributed by atoms with van der Waals surface area (Å²) >= 11 is 0. The third-order valence-corrected chi connectivity index (χ3v) is 3.80. The third-order valence-electron chi connectivity index (χ3n) is 3.80. The van der Waals surface area contributed by atoms with Crippen LogP contribution in [-0.2, 0) is 4.74 Å². The molecule has 1 aromatic carbocycles. The highest BCUT2D eigenvalue weighted by Gasteiger charge is 2.23. The summed E-state index contributed by atoms with van der Waals surface area (Å²) in [6.07, 6.45) is 0.862. The Morgan fingerprint density at radius 1 is 1.43 bits per heavy atom. The molecule has 1 fully saturated rings. The molecular formula is C16H25NO4. The Balaban J connectivity index is 1.63. The molecule has 1 aliphatic rings. The van der Waals surface area contributed by atoms with Crippen LogP contribution in [0.15, 0.2) is 24.3 Å². The number of methoxy groups -OCH3 is 1. The summed E-state index contributed by atoms with van der Waals surface area (Å²) in [6, 6.07) is 7.37. The predicted octanol–water partition coefficient (Wildman–Crippen LogP) is 1.45. The lowest BCUT2D eigenvalue weighted by molar-refractivity contribution is 0.0945. The molecule has 0 bridgehead atoms. The molecule has 1 aliphatic heterocycles. The van der Waals surface area contributed by atoms with Crippen molar-refractivity contribution in [1.29, 1.82) is 0 Å². The Hall–Kier alpha value is -1.30. The van der Waals surface area contributed by atoms with E-state index in [1.807, 2.05) is 18.2 Å². The van der Waals surface area contributed by atoms with E-state index in [2.05, 4.69) is 12.2 Å². The fourth-order valence-electron chi connectivity index (χ4n) is 2.42. The Morgan fingerprint density at radius 2 is 2.24 bits per heavy atom. The van der Waals surface area contributed by atoms with Gasteiger partial charge in [-0.3, -0.25) is 0 Å². The number of rotatable bonds is 8. The molecule has 2 N–H and O–H groups in total. The van der Waals surface area contributed by atoms with Gasteiger partial charge in [-0.25, -0.2) is 0 Å². The van der Waals surface area contributed by atoms with Crippen LogP contribution in [0.25, 0.3) is 0 Å². The van der Waals surface area contributed by atoms with Crippen LogP contribution in [0.3, 0.4) is 0 Å². The number of benzene rings is 1. The molecule has 0 spiro atoms. The van der Waals surface area contributed by atoms with E-state index in [1.54, 1.807) is 13.2 Å². The summed E-state index contributed by atoms with van der Waals surface area (Å²) in [5.74, 6) is 1.98. The first-order chi connectivity index (χ1) is 10.2. The lowest BCUT2D eigenvalue weighted by Crippen LogP contribution is -2.35. The average Bonchev–Trinajstić information content (AvgIpc) is 2.91. The molecule has 1 heterocycles. The molecule has 0 amide bonds. The molecule has 2 rings (SSSR count). The van der Waals surface area contributed by atoms with Gasteiger partial charge in [0.1, 0.15) is 24.2 Å². The topological polar surface area (TPSA) is 60.0 Å². The molecular weight excluding hydrogens is 270 g/mol. The largest absolute Gasteiger partial charge is 0.497 e. The molecule has 0 aromatic heterocycles. The van der Waals surface area contributed by atoms with Crippen molar-refractivity contribution in [2.45, 2.75) is 25.6 Å². The highest BCUT2D eigenvalue weighted by molar-refractivity contribution is 5.32. The van der Waals surface area contributed by atoms with E-state index in [1.165, 1.54) is 0 Å². The molecule has 3 unspecified atom stereocenters. The van der Waals surface area contributed by atoms with Crippen LogP contribution < -0.4 is 14.8 Å². The molecule has 1 aromatic rings. The number of ether oxygens (including phenoxy) is 3. The number of aliphatic hydroxyl groups is 1. The number of hydrogen-bond donors (Lipinski definition) is 2. The van der Waals surface area contributed by atoms with Gasteiger partial charge in [0.15, 0.2) is 0 Å². The van der Waals surface area contributed by atoms with Crippen molar-refractivity contribution in [1.82, 2.24) is 5.32 Å². The standard InChI is InChI=1S/C16H25NO4/c1-12-13(6-7-20-12)9-17-10-14(18)11-21-16-5-3-4-15(8-16)19-2/h3-5,8,12-14,17-18H,6-7,9-11H2,1-2H3. The van der Waals surface area contributed by atoms with E-state index in [0.29, 0.717) is 24.3 Å². The van der Waals surface area contributed by atoms with Crippen LogP contribution in [0.1, 0.15) is 13.3 Å². The number of aliphatic hydroxyl groups excluding tert-OH is 1. The van der Waals surface area contributed by atoms with Gasteiger partial charge in [0.2, 0.25) is 0 Å². The van der Waals surface area contributed by atoms with Gasteiger partial charge in [0.05, 0.1) is 13.2 Å². The van der Waals surface area contributed by atoms with Crippen LogP contribution in [-0.4, -0.2) is 50.7 Å². The van der Waals surface area contributed by atoms with Crippen LogP contribution in [0.4, 0.5) is 0 Å². The van der Waals surface area contributed by atoms with Gasteiger partial charge in [0, 0.05) is 25.8 Å². The molecule has 118 valence electrons. The zero-order valence-electron chi connectivity index (χ0n) is 12.7. The van der Waals surface area contributed by atoms with Crippen LogP contribution in [0, 0.1) is 5.92 Å². The summed E-state index contributed by atoms with van der Waals surface area (Å²) in [5.41, 5.74) is 0. The summed E-state index contributed by atoms with van der Waals surface area (Å²) in [5, 5.41) is 13.2. The minimum absolute atomic E-state index is 0.261. The van der Waals surface area contributed by atoms with Crippen molar-refractivity contribution < 1.29 is 19.3 Å². The van der Waals surface area contributed by atoms with E-state index < -0.39 is 6.10 Å². The Morgan fingerprint density at radius 3 is 2.95 bits per heavy atom. The van der Waals surface area contributed by atoms with Gasteiger partial charge in [-0.2, -0.15) is 0 Å². The molecule has 5 heteroatoms. The minimum Gasteiger partial charge on any atom is -0.497 e. The van der Waals surface area contributed by atoms with Gasteiger partial charge in [0.25, 0.3) is 0 Å². The smallest absolute Gasteiger partial charge is 0.123 e. The molecule has 5 nitrogen and oxygen atoms in total. The molecule has 0 aliphatic carbocycles. The summed E-state index contributed by atoms with van der Waals surface area (Å²) in [7, 11) is 1.62. The van der Waals surface area contributed by atoms with Gasteiger partial charge >= 0.3 is 0 Å². The first-order valence-electron chi connectivity index (χ1n) is 7.46. The lowest BCUT2D eigenvalue weighted by atomic mass is 10.0. The SMILES string of the molecule is COc1cccc(OCC(O)CNCC2CCOC2C)c1. The monoisotopic (exact) mass is 295 g/mol. The first-order valence-corrected chi connectivity index (χ1v) is 7.46. The summed E-state index contributed by atoms with van der Waals surface area (Å²) in [4.78, 5) is 0. The molecule has 21 heavy (non-hydrogen) atoms. The third kappa shape index (κ3) is 5.19. The number of nitrogens with one attached hydrogen (secondary N) is 1. The van der Waals surface area contributed by atoms with Crippen LogP contribution >= 0.6 is 0 Å². The number of hydrogen-bond acceptors (Lipinski definition) is 5. The molecule has 0 saturated carbocycles. The second kappa shape index (κ2) is 8.22. The van der Waals surface area contributed by atoms with Crippen molar-refractivity contribution in [3.8, 4) is 11.5 Å². The first kappa shape index (κ1) is 16.1. The quantitative estimate of drug-likeness (QED) is 0.760. The predicted molar refractivity (Wildman–Crippen MR) is 80.9 cm³/mol. The van der Waals surface area contributed by atoms with Crippen molar-refractivity contribution in [3.63, 3.8) is 0 Å². The van der Waals surface area contributed by atoms with Crippen molar-refractivity contribution in [2.75, 3.05) is 33.4 Å². The zero-order valence-corrected chi connectivity index (χ0v) is 12.7. The van der Waals surface area contributed by atoms with E-state index >= 15 is 0 Å². The highest BCUT2D eigenvalue weighted by atomic mass is 16.5. The Kier molecular flexibility index (Phi) is 6.29. The normalized spacial score (nSPS) is 23.0. The van der Waals surface area contributed by atoms with Crippen LogP contribution in [0.2, 0.25) is 0 Å². The maximum atomic E-state index is 9.93. The fraction of sp³-hybridized carbons (Fsp3) is 0.625.